The van der Waals surface area contributed by atoms with Gasteiger partial charge in [-0.1, -0.05) is 79.9 Å². The van der Waals surface area contributed by atoms with Crippen LogP contribution in [0.25, 0.3) is 0 Å². The number of ether oxygens (including phenoxy) is 1. The molecule has 0 aliphatic carbocycles. The highest BCUT2D eigenvalue weighted by molar-refractivity contribution is 9.10. The summed E-state index contributed by atoms with van der Waals surface area (Å²) in [7, 11) is 0. The summed E-state index contributed by atoms with van der Waals surface area (Å²) in [4.78, 5) is 57.4. The maximum Gasteiger partial charge on any atom is 0.305 e. The van der Waals surface area contributed by atoms with Crippen molar-refractivity contribution < 1.29 is 19.1 Å². The lowest BCUT2D eigenvalue weighted by molar-refractivity contribution is -0.122. The number of halogens is 3. The third-order valence-electron chi connectivity index (χ3n) is 6.99. The molecular weight excluding hydrogens is 685 g/mol. The first-order valence-electron chi connectivity index (χ1n) is 12.6. The van der Waals surface area contributed by atoms with Gasteiger partial charge in [0.15, 0.2) is 6.61 Å². The quantitative estimate of drug-likeness (QED) is 0.218. The van der Waals surface area contributed by atoms with Gasteiger partial charge in [0.25, 0.3) is 5.91 Å². The molecule has 42 heavy (non-hydrogen) atoms. The second kappa shape index (κ2) is 11.5. The Hall–Kier alpha value is -3.09. The summed E-state index contributed by atoms with van der Waals surface area (Å²) in [5.41, 5.74) is 2.52. The lowest BCUT2D eigenvalue weighted by Gasteiger charge is -2.31. The predicted octanol–water partition coefficient (Wildman–Crippen LogP) is 6.63. The Bertz CT molecular complexity index is 1810. The zero-order valence-electron chi connectivity index (χ0n) is 21.7. The summed E-state index contributed by atoms with van der Waals surface area (Å²) in [5, 5.41) is 3.17. The zero-order valence-corrected chi connectivity index (χ0v) is 26.4. The van der Waals surface area contributed by atoms with Gasteiger partial charge in [-0.05, 0) is 55.5 Å². The molecule has 8 nitrogen and oxygen atoms in total. The summed E-state index contributed by atoms with van der Waals surface area (Å²) < 4.78 is 6.70. The molecule has 2 N–H and O–H groups in total. The Balaban J connectivity index is 1.35. The number of imide groups is 1. The molecule has 1 fully saturated rings. The third kappa shape index (κ3) is 5.40. The largest absolute Gasteiger partial charge is 0.483 e. The van der Waals surface area contributed by atoms with E-state index in [4.69, 9.17) is 27.9 Å². The van der Waals surface area contributed by atoms with Gasteiger partial charge >= 0.3 is 4.87 Å². The Kier molecular flexibility index (Phi) is 7.97. The molecule has 4 aromatic rings. The van der Waals surface area contributed by atoms with Gasteiger partial charge in [0, 0.05) is 26.5 Å². The first-order valence-corrected chi connectivity index (χ1v) is 15.9. The highest BCUT2D eigenvalue weighted by Crippen LogP contribution is 2.54. The number of carbonyl (C=O) groups is 3. The van der Waals surface area contributed by atoms with Crippen molar-refractivity contribution >= 4 is 91.3 Å². The van der Waals surface area contributed by atoms with Crippen LogP contribution in [0, 0.1) is 12.8 Å². The number of H-pyrrole nitrogens is 1. The summed E-state index contributed by atoms with van der Waals surface area (Å²) in [6.45, 7) is 1.58. The number of aromatic nitrogens is 1. The topological polar surface area (TPSA) is 109 Å². The highest BCUT2D eigenvalue weighted by atomic mass is 79.9. The number of fused-ring (bicyclic) bond motifs is 2. The number of rotatable bonds is 6. The van der Waals surface area contributed by atoms with E-state index in [0.29, 0.717) is 47.1 Å². The SMILES string of the molecule is Cc1ccc(N2C(=O)C3Sc4[nH]c(=O)sc4C(c4cc(Br)ccc4OCC(=O)Nc4ccc(Cl)c(Cl)c4)C3C2=O)cc1. The van der Waals surface area contributed by atoms with Crippen molar-refractivity contribution in [3.8, 4) is 5.75 Å². The minimum absolute atomic E-state index is 0.286. The van der Waals surface area contributed by atoms with Crippen LogP contribution in [0.4, 0.5) is 11.4 Å². The van der Waals surface area contributed by atoms with Gasteiger partial charge in [-0.15, -0.1) is 0 Å². The van der Waals surface area contributed by atoms with Crippen LogP contribution in [-0.2, 0) is 14.4 Å². The number of amides is 3. The number of thiazole rings is 1. The number of aryl methyl sites for hydroxylation is 1. The molecule has 6 rings (SSSR count). The minimum Gasteiger partial charge on any atom is -0.483 e. The Morgan fingerprint density at radius 1 is 1.02 bits per heavy atom. The Morgan fingerprint density at radius 2 is 1.79 bits per heavy atom. The van der Waals surface area contributed by atoms with Gasteiger partial charge in [0.1, 0.15) is 11.0 Å². The smallest absolute Gasteiger partial charge is 0.305 e. The molecule has 3 atom stereocenters. The van der Waals surface area contributed by atoms with E-state index in [1.54, 1.807) is 42.5 Å². The van der Waals surface area contributed by atoms with Crippen LogP contribution in [-0.4, -0.2) is 34.6 Å². The fourth-order valence-electron chi connectivity index (χ4n) is 5.11. The van der Waals surface area contributed by atoms with Crippen LogP contribution < -0.4 is 19.8 Å². The number of benzene rings is 3. The van der Waals surface area contributed by atoms with Gasteiger partial charge in [0.2, 0.25) is 11.8 Å². The van der Waals surface area contributed by atoms with Crippen molar-refractivity contribution in [2.45, 2.75) is 23.1 Å². The number of anilines is 2. The van der Waals surface area contributed by atoms with E-state index < -0.39 is 23.0 Å². The molecule has 3 aromatic carbocycles. The molecule has 2 aliphatic heterocycles. The Labute approximate surface area is 266 Å². The van der Waals surface area contributed by atoms with Crippen LogP contribution in [0.1, 0.15) is 21.9 Å². The van der Waals surface area contributed by atoms with Crippen LogP contribution in [0.5, 0.6) is 5.75 Å². The number of nitrogens with one attached hydrogen (secondary N) is 2. The number of nitrogens with zero attached hydrogens (tertiary/aromatic N) is 1. The zero-order chi connectivity index (χ0) is 29.7. The molecule has 0 radical (unpaired) electrons. The fourth-order valence-corrected chi connectivity index (χ4v) is 8.29. The molecule has 1 saturated heterocycles. The van der Waals surface area contributed by atoms with Crippen LogP contribution in [0.3, 0.4) is 0 Å². The molecule has 214 valence electrons. The minimum atomic E-state index is -0.801. The molecule has 0 bridgehead atoms. The van der Waals surface area contributed by atoms with E-state index in [1.165, 1.54) is 22.7 Å². The molecular formula is C29H20BrCl2N3O5S2. The van der Waals surface area contributed by atoms with Crippen molar-refractivity contribution in [2.75, 3.05) is 16.8 Å². The molecule has 13 heteroatoms. The number of carbonyl (C=O) groups excluding carboxylic acids is 3. The lowest BCUT2D eigenvalue weighted by atomic mass is 9.82. The first-order chi connectivity index (χ1) is 20.1. The second-order valence-corrected chi connectivity index (χ2v) is 13.6. The van der Waals surface area contributed by atoms with Crippen molar-refractivity contribution in [3.63, 3.8) is 0 Å². The van der Waals surface area contributed by atoms with Crippen LogP contribution >= 0.6 is 62.2 Å². The molecule has 2 aliphatic rings. The van der Waals surface area contributed by atoms with E-state index in [1.807, 2.05) is 19.1 Å². The third-order valence-corrected chi connectivity index (χ3v) is 10.6. The average molecular weight is 705 g/mol. The van der Waals surface area contributed by atoms with Gasteiger partial charge in [-0.25, -0.2) is 4.90 Å². The van der Waals surface area contributed by atoms with E-state index in [-0.39, 0.29) is 23.3 Å². The number of thioether (sulfide) groups is 1. The summed E-state index contributed by atoms with van der Waals surface area (Å²) in [6.07, 6.45) is 0. The van der Waals surface area contributed by atoms with Crippen LogP contribution in [0.2, 0.25) is 10.0 Å². The highest BCUT2D eigenvalue weighted by Gasteiger charge is 2.56. The summed E-state index contributed by atoms with van der Waals surface area (Å²) >= 11 is 17.7. The van der Waals surface area contributed by atoms with Gasteiger partial charge in [0.05, 0.1) is 26.7 Å². The van der Waals surface area contributed by atoms with Crippen molar-refractivity contribution in [3.05, 3.63) is 101 Å². The average Bonchev–Trinajstić information content (AvgIpc) is 3.44. The number of hydrogen-bond donors (Lipinski definition) is 2. The van der Waals surface area contributed by atoms with Crippen molar-refractivity contribution in [1.82, 2.24) is 4.98 Å². The summed E-state index contributed by atoms with van der Waals surface area (Å²) in [6, 6.07) is 17.2. The fraction of sp³-hybridized carbons (Fsp3) is 0.172. The molecule has 3 amide bonds. The first kappa shape index (κ1) is 29.0. The predicted molar refractivity (Wildman–Crippen MR) is 168 cm³/mol. The van der Waals surface area contributed by atoms with Crippen molar-refractivity contribution in [2.24, 2.45) is 5.92 Å². The van der Waals surface area contributed by atoms with E-state index >= 15 is 0 Å². The maximum absolute atomic E-state index is 14.0. The lowest BCUT2D eigenvalue weighted by Crippen LogP contribution is -2.32. The number of aromatic amines is 1. The van der Waals surface area contributed by atoms with Gasteiger partial charge < -0.3 is 15.0 Å². The van der Waals surface area contributed by atoms with Gasteiger partial charge in [-0.3, -0.25) is 19.2 Å². The second-order valence-electron chi connectivity index (χ2n) is 9.75. The standard InChI is InChI=1S/C29H20BrCl2N3O5S2/c1-13-2-6-16(7-3-13)35-27(37)23-22(24-26(34-29(39)42-24)41-25(23)28(35)38)17-10-14(30)4-9-20(17)40-12-21(36)33-15-5-8-18(31)19(32)11-15/h2-11,22-23,25H,12H2,1H3,(H,33,36)(H,34,39). The molecule has 0 saturated carbocycles. The van der Waals surface area contributed by atoms with Gasteiger partial charge in [-0.2, -0.15) is 0 Å². The maximum atomic E-state index is 14.0. The molecule has 3 unspecified atom stereocenters. The van der Waals surface area contributed by atoms with E-state index in [2.05, 4.69) is 26.2 Å². The Morgan fingerprint density at radius 3 is 2.52 bits per heavy atom. The van der Waals surface area contributed by atoms with Crippen LogP contribution in [0.15, 0.2) is 75.0 Å². The normalized spacial score (nSPS) is 19.4. The van der Waals surface area contributed by atoms with E-state index in [9.17, 15) is 19.2 Å². The van der Waals surface area contributed by atoms with Crippen molar-refractivity contribution in [1.29, 1.82) is 0 Å². The molecule has 1 aromatic heterocycles. The molecule has 3 heterocycles. The molecule has 0 spiro atoms. The monoisotopic (exact) mass is 703 g/mol. The summed E-state index contributed by atoms with van der Waals surface area (Å²) in [5.74, 6) is -2.28. The number of hydrogen-bond acceptors (Lipinski definition) is 7. The van der Waals surface area contributed by atoms with E-state index in [0.717, 1.165) is 16.9 Å².